The van der Waals surface area contributed by atoms with Gasteiger partial charge in [0.15, 0.2) is 0 Å². The molecule has 1 atom stereocenters. The fraction of sp³-hybridized carbons (Fsp3) is 0.255. The molecule has 60 heavy (non-hydrogen) atoms. The van der Waals surface area contributed by atoms with E-state index in [1.165, 1.54) is 23.5 Å². The molecule has 0 bridgehead atoms. The number of amides is 3. The second-order valence-corrected chi connectivity index (χ2v) is 15.8. The Labute approximate surface area is 359 Å². The Morgan fingerprint density at radius 1 is 0.533 bits per heavy atom. The summed E-state index contributed by atoms with van der Waals surface area (Å²) in [4.78, 5) is 67.6. The van der Waals surface area contributed by atoms with E-state index < -0.39 is 48.0 Å². The molecule has 0 aromatic heterocycles. The molecular weight excluding hydrogens is 799 g/mol. The number of carbonyl (C=O) groups excluding carboxylic acids is 5. The van der Waals surface area contributed by atoms with Crippen molar-refractivity contribution in [2.45, 2.75) is 55.7 Å². The quantitative estimate of drug-likeness (QED) is 0.0449. The monoisotopic (exact) mass is 847 g/mol. The molecule has 3 N–H and O–H groups in total. The van der Waals surface area contributed by atoms with Crippen molar-refractivity contribution in [2.24, 2.45) is 0 Å². The largest absolute Gasteiger partial charge is 0.460 e. The molecule has 0 aliphatic rings. The fourth-order valence-corrected chi connectivity index (χ4v) is 8.33. The molecule has 0 aliphatic carbocycles. The van der Waals surface area contributed by atoms with Gasteiger partial charge in [-0.05, 0) is 34.2 Å². The van der Waals surface area contributed by atoms with Crippen LogP contribution in [0.25, 0.3) is 0 Å². The van der Waals surface area contributed by atoms with E-state index in [0.717, 1.165) is 27.8 Å². The minimum atomic E-state index is -1.50. The highest BCUT2D eigenvalue weighted by atomic mass is 32.2. The average Bonchev–Trinajstić information content (AvgIpc) is 3.29. The zero-order valence-corrected chi connectivity index (χ0v) is 34.8. The first kappa shape index (κ1) is 45.0. The molecule has 0 spiro atoms. The van der Waals surface area contributed by atoms with E-state index in [-0.39, 0.29) is 44.2 Å². The van der Waals surface area contributed by atoms with Gasteiger partial charge in [0.25, 0.3) is 0 Å². The maximum Gasteiger partial charge on any atom is 0.408 e. The average molecular weight is 848 g/mol. The van der Waals surface area contributed by atoms with E-state index in [1.54, 1.807) is 24.3 Å². The first-order chi connectivity index (χ1) is 29.3. The zero-order chi connectivity index (χ0) is 42.3. The molecule has 0 fully saturated rings. The number of ether oxygens (including phenoxy) is 3. The second-order valence-electron chi connectivity index (χ2n) is 13.8. The number of nitrogens with one attached hydrogen (secondary N) is 3. The molecule has 0 saturated heterocycles. The Morgan fingerprint density at radius 3 is 1.42 bits per heavy atom. The molecule has 0 heterocycles. The Kier molecular flexibility index (Phi) is 18.6. The van der Waals surface area contributed by atoms with E-state index in [9.17, 15) is 24.0 Å². The maximum atomic E-state index is 14.4. The highest BCUT2D eigenvalue weighted by Gasteiger charge is 2.40. The van der Waals surface area contributed by atoms with Crippen LogP contribution in [-0.4, -0.2) is 59.5 Å². The number of thioether (sulfide) groups is 2. The van der Waals surface area contributed by atoms with Crippen molar-refractivity contribution in [1.82, 2.24) is 16.0 Å². The highest BCUT2D eigenvalue weighted by Crippen LogP contribution is 2.26. The number of hydrogen-bond donors (Lipinski definition) is 3. The minimum Gasteiger partial charge on any atom is -0.460 e. The van der Waals surface area contributed by atoms with Crippen LogP contribution in [0.5, 0.6) is 0 Å². The second kappa shape index (κ2) is 24.8. The summed E-state index contributed by atoms with van der Waals surface area (Å²) in [5, 5.41) is 8.30. The number of benzene rings is 5. The van der Waals surface area contributed by atoms with Crippen molar-refractivity contribution >= 4 is 53.4 Å². The van der Waals surface area contributed by atoms with Crippen LogP contribution in [0.1, 0.15) is 40.7 Å². The molecular formula is C47H49N3O8S2. The summed E-state index contributed by atoms with van der Waals surface area (Å²) in [5.74, 6) is -1.06. The first-order valence-corrected chi connectivity index (χ1v) is 21.8. The van der Waals surface area contributed by atoms with Gasteiger partial charge in [0.1, 0.15) is 37.9 Å². The number of esters is 2. The number of hydrogen-bond acceptors (Lipinski definition) is 10. The van der Waals surface area contributed by atoms with E-state index in [4.69, 9.17) is 14.2 Å². The molecule has 0 aliphatic heterocycles. The molecule has 3 amide bonds. The predicted molar refractivity (Wildman–Crippen MR) is 234 cm³/mol. The fourth-order valence-electron chi connectivity index (χ4n) is 5.84. The predicted octanol–water partition coefficient (Wildman–Crippen LogP) is 7.39. The van der Waals surface area contributed by atoms with E-state index >= 15 is 0 Å². The summed E-state index contributed by atoms with van der Waals surface area (Å²) < 4.78 is 16.4. The lowest BCUT2D eigenvalue weighted by atomic mass is 10.0. The van der Waals surface area contributed by atoms with Gasteiger partial charge in [-0.1, -0.05) is 152 Å². The van der Waals surface area contributed by atoms with Crippen LogP contribution in [0.2, 0.25) is 0 Å². The number of rotatable bonds is 23. The lowest BCUT2D eigenvalue weighted by Crippen LogP contribution is -2.63. The summed E-state index contributed by atoms with van der Waals surface area (Å²) in [6, 6.07) is 45.6. The number of alkyl carbamates (subject to hydrolysis) is 1. The van der Waals surface area contributed by atoms with Gasteiger partial charge in [-0.25, -0.2) is 9.59 Å². The van der Waals surface area contributed by atoms with Gasteiger partial charge in [0.2, 0.25) is 11.8 Å². The van der Waals surface area contributed by atoms with Crippen LogP contribution >= 0.6 is 23.5 Å². The van der Waals surface area contributed by atoms with E-state index in [2.05, 4.69) is 16.0 Å². The summed E-state index contributed by atoms with van der Waals surface area (Å²) in [6.45, 7) is -0.449. The van der Waals surface area contributed by atoms with Gasteiger partial charge in [-0.3, -0.25) is 14.4 Å². The van der Waals surface area contributed by atoms with Crippen molar-refractivity contribution in [1.29, 1.82) is 0 Å². The Morgan fingerprint density at radius 2 is 0.950 bits per heavy atom. The lowest BCUT2D eigenvalue weighted by molar-refractivity contribution is -0.147. The molecule has 5 aromatic carbocycles. The Hall–Kier alpha value is -6.05. The third kappa shape index (κ3) is 16.0. The summed E-state index contributed by atoms with van der Waals surface area (Å²) in [7, 11) is 0. The Balaban J connectivity index is 1.31. The SMILES string of the molecule is O=C(CC[C@H](NC(=O)OCc1ccccc1)C(=O)OCc1ccccc1)NC(CSCc1ccccc1)(CSCc1ccccc1)C(=O)NCC(=O)OCc1ccccc1. The standard InChI is InChI=1S/C47H49N3O8S2/c51-42(27-26-41(44(53)57-30-37-18-8-2-9-19-37)49-46(55)58-31-38-20-10-3-11-21-38)50-47(34-59-32-39-22-12-4-13-23-39,35-60-33-40-24-14-5-15-25-40)45(54)48-28-43(52)56-29-36-16-6-1-7-17-36/h1-25,41H,26-35H2,(H,48,54)(H,49,55)(H,50,51)/t41-/m0/s1. The van der Waals surface area contributed by atoms with Crippen LogP contribution in [-0.2, 0) is 64.7 Å². The van der Waals surface area contributed by atoms with Crippen LogP contribution in [0.15, 0.2) is 152 Å². The van der Waals surface area contributed by atoms with E-state index in [0.29, 0.717) is 11.5 Å². The van der Waals surface area contributed by atoms with E-state index in [1.807, 2.05) is 127 Å². The number of carbonyl (C=O) groups is 5. The molecule has 0 radical (unpaired) electrons. The molecule has 11 nitrogen and oxygen atoms in total. The third-order valence-electron chi connectivity index (χ3n) is 9.04. The molecule has 0 saturated carbocycles. The zero-order valence-electron chi connectivity index (χ0n) is 33.2. The lowest BCUT2D eigenvalue weighted by Gasteiger charge is -2.33. The van der Waals surface area contributed by atoms with Crippen LogP contribution < -0.4 is 16.0 Å². The normalized spacial score (nSPS) is 11.4. The van der Waals surface area contributed by atoms with Crippen LogP contribution in [0.3, 0.4) is 0 Å². The maximum absolute atomic E-state index is 14.4. The van der Waals surface area contributed by atoms with Crippen molar-refractivity contribution in [2.75, 3.05) is 18.1 Å². The smallest absolute Gasteiger partial charge is 0.408 e. The van der Waals surface area contributed by atoms with Crippen molar-refractivity contribution < 1.29 is 38.2 Å². The van der Waals surface area contributed by atoms with Gasteiger partial charge in [0.05, 0.1) is 0 Å². The summed E-state index contributed by atoms with van der Waals surface area (Å²) in [6.07, 6.45) is -1.27. The minimum absolute atomic E-state index is 0.0301. The first-order valence-electron chi connectivity index (χ1n) is 19.5. The van der Waals surface area contributed by atoms with Gasteiger partial charge in [-0.15, -0.1) is 0 Å². The summed E-state index contributed by atoms with van der Waals surface area (Å²) >= 11 is 2.93. The van der Waals surface area contributed by atoms with Crippen molar-refractivity contribution in [3.05, 3.63) is 179 Å². The molecule has 13 heteroatoms. The molecule has 312 valence electrons. The van der Waals surface area contributed by atoms with Gasteiger partial charge >= 0.3 is 18.0 Å². The van der Waals surface area contributed by atoms with Crippen molar-refractivity contribution in [3.63, 3.8) is 0 Å². The van der Waals surface area contributed by atoms with Crippen molar-refractivity contribution in [3.8, 4) is 0 Å². The molecule has 0 unspecified atom stereocenters. The van der Waals surface area contributed by atoms with Gasteiger partial charge in [0, 0.05) is 29.4 Å². The van der Waals surface area contributed by atoms with Gasteiger partial charge in [-0.2, -0.15) is 23.5 Å². The molecule has 5 aromatic rings. The third-order valence-corrected chi connectivity index (χ3v) is 11.5. The Bertz CT molecular complexity index is 2030. The highest BCUT2D eigenvalue weighted by molar-refractivity contribution is 7.99. The molecule has 5 rings (SSSR count). The topological polar surface area (TPSA) is 149 Å². The van der Waals surface area contributed by atoms with Crippen LogP contribution in [0.4, 0.5) is 4.79 Å². The van der Waals surface area contributed by atoms with Crippen LogP contribution in [0, 0.1) is 0 Å². The summed E-state index contributed by atoms with van der Waals surface area (Å²) in [5.41, 5.74) is 2.87. The van der Waals surface area contributed by atoms with Gasteiger partial charge < -0.3 is 30.2 Å².